The molecule has 0 bridgehead atoms. The molecule has 11 heteroatoms. The van der Waals surface area contributed by atoms with Gasteiger partial charge in [0.25, 0.3) is 0 Å². The number of nitrogens with one attached hydrogen (secondary N) is 2. The number of carbonyl (C=O) groups is 2. The van der Waals surface area contributed by atoms with Crippen LogP contribution in [0.1, 0.15) is 43.1 Å². The quantitative estimate of drug-likeness (QED) is 0.254. The summed E-state index contributed by atoms with van der Waals surface area (Å²) in [6.45, 7) is 6.62. The van der Waals surface area contributed by atoms with Crippen molar-refractivity contribution in [1.29, 1.82) is 0 Å². The number of aromatic carboxylic acids is 1. The van der Waals surface area contributed by atoms with Crippen molar-refractivity contribution in [3.8, 4) is 0 Å². The van der Waals surface area contributed by atoms with Crippen LogP contribution in [0.2, 0.25) is 0 Å². The summed E-state index contributed by atoms with van der Waals surface area (Å²) < 4.78 is 8.99. The number of rotatable bonds is 8. The summed E-state index contributed by atoms with van der Waals surface area (Å²) in [6.07, 6.45) is 5.02. The molecule has 3 aromatic rings. The SMILES string of the molecule is CC(C)(C)OC(=O)NCCCn1cc(C(=O)O)c(=O)c2ccc(CNc3ncc[n]3[Tl])cc21. The number of hydrogen-bond donors (Lipinski definition) is 3. The minimum atomic E-state index is -1.27. The van der Waals surface area contributed by atoms with Gasteiger partial charge in [-0.2, -0.15) is 0 Å². The van der Waals surface area contributed by atoms with Crippen LogP contribution in [0, 0.1) is 0 Å². The van der Waals surface area contributed by atoms with E-state index in [4.69, 9.17) is 4.74 Å². The van der Waals surface area contributed by atoms with Crippen molar-refractivity contribution in [2.24, 2.45) is 0 Å². The molecule has 0 radical (unpaired) electrons. The zero-order valence-electron chi connectivity index (χ0n) is 18.8. The number of ether oxygens (including phenoxy) is 1. The Labute approximate surface area is 207 Å². The van der Waals surface area contributed by atoms with E-state index in [-0.39, 0.29) is 5.56 Å². The molecular weight excluding hydrogens is 619 g/mol. The Bertz CT molecular complexity index is 1230. The van der Waals surface area contributed by atoms with Gasteiger partial charge in [-0.05, 0) is 20.8 Å². The van der Waals surface area contributed by atoms with Crippen LogP contribution >= 0.6 is 0 Å². The van der Waals surface area contributed by atoms with Crippen LogP contribution in [0.15, 0.2) is 41.6 Å². The number of carbonyl (C=O) groups excluding carboxylic acids is 1. The van der Waals surface area contributed by atoms with Crippen LogP contribution < -0.4 is 16.1 Å². The summed E-state index contributed by atoms with van der Waals surface area (Å²) in [7, 11) is 0. The molecule has 0 saturated carbocycles. The molecule has 1 aromatic carbocycles. The molecule has 3 rings (SSSR count). The van der Waals surface area contributed by atoms with E-state index in [2.05, 4.69) is 15.6 Å². The maximum atomic E-state index is 12.7. The van der Waals surface area contributed by atoms with Gasteiger partial charge in [-0.15, -0.1) is 0 Å². The van der Waals surface area contributed by atoms with Crippen LogP contribution in [-0.2, 0) is 17.8 Å². The third kappa shape index (κ3) is 6.56. The molecule has 0 unspecified atom stereocenters. The average Bonchev–Trinajstić information content (AvgIpc) is 3.14. The van der Waals surface area contributed by atoms with Gasteiger partial charge in [-0.25, -0.2) is 4.79 Å². The van der Waals surface area contributed by atoms with Crippen LogP contribution in [0.5, 0.6) is 0 Å². The molecule has 1 amide bonds. The number of carboxylic acid groups (broad SMARTS) is 1. The third-order valence-electron chi connectivity index (χ3n) is 4.74. The summed E-state index contributed by atoms with van der Waals surface area (Å²) in [6, 6.07) is 5.34. The normalized spacial score (nSPS) is 11.3. The van der Waals surface area contributed by atoms with Gasteiger partial charge in [0.1, 0.15) is 5.60 Å². The van der Waals surface area contributed by atoms with Crippen molar-refractivity contribution in [2.45, 2.75) is 45.9 Å². The molecule has 3 N–H and O–H groups in total. The monoisotopic (exact) mass is 645 g/mol. The van der Waals surface area contributed by atoms with Crippen molar-refractivity contribution in [3.63, 3.8) is 0 Å². The van der Waals surface area contributed by atoms with Gasteiger partial charge in [0.15, 0.2) is 0 Å². The number of amides is 1. The van der Waals surface area contributed by atoms with Crippen LogP contribution in [0.4, 0.5) is 10.7 Å². The molecule has 0 aliphatic rings. The number of benzene rings is 1. The van der Waals surface area contributed by atoms with Gasteiger partial charge in [0.05, 0.1) is 0 Å². The first-order chi connectivity index (χ1) is 15.5. The average molecular weight is 645 g/mol. The van der Waals surface area contributed by atoms with Gasteiger partial charge in [0.2, 0.25) is 0 Å². The molecular formula is C22H26N5O5Tl. The fourth-order valence-corrected chi connectivity index (χ4v) is 4.18. The zero-order chi connectivity index (χ0) is 24.2. The Morgan fingerprint density at radius 3 is 2.67 bits per heavy atom. The van der Waals surface area contributed by atoms with Gasteiger partial charge in [0, 0.05) is 0 Å². The van der Waals surface area contributed by atoms with E-state index in [0.717, 1.165) is 11.5 Å². The third-order valence-corrected chi connectivity index (χ3v) is 6.36. The van der Waals surface area contributed by atoms with Crippen LogP contribution in [-0.4, -0.2) is 67.3 Å². The second-order valence-electron chi connectivity index (χ2n) is 8.52. The van der Waals surface area contributed by atoms with E-state index >= 15 is 0 Å². The predicted octanol–water partition coefficient (Wildman–Crippen LogP) is 2.35. The number of imidazole rings is 1. The number of alkyl carbamates (subject to hydrolysis) is 1. The molecule has 0 atom stereocenters. The summed E-state index contributed by atoms with van der Waals surface area (Å²) in [5.74, 6) is -0.486. The van der Waals surface area contributed by atoms with Gasteiger partial charge >= 0.3 is 172 Å². The van der Waals surface area contributed by atoms with Gasteiger partial charge in [-0.3, -0.25) is 0 Å². The standard InChI is InChI=1S/C22H27N5O5.Tl/c1-22(2,3)32-21(31)25-7-4-10-27-13-16(19(29)30)18(28)15-6-5-14(11-17(15)27)12-26-20-23-8-9-24-20;/h5-6,8-9,11,13H,4,7,10,12H2,1-3H3,(H4,23,24,25,26,29,30,31);/q;+1/p-1. The number of fused-ring (bicyclic) bond motifs is 1. The minimum absolute atomic E-state index is 0.285. The summed E-state index contributed by atoms with van der Waals surface area (Å²) >= 11 is 0.588. The molecule has 2 aromatic heterocycles. The Hall–Kier alpha value is -2.90. The number of hydrogen-bond acceptors (Lipinski definition) is 6. The fourth-order valence-electron chi connectivity index (χ4n) is 3.27. The molecule has 10 nitrogen and oxygen atoms in total. The molecule has 0 fully saturated rings. The number of carboxylic acids is 1. The van der Waals surface area contributed by atoms with E-state index in [1.54, 1.807) is 43.7 Å². The molecule has 0 aliphatic heterocycles. The summed E-state index contributed by atoms with van der Waals surface area (Å²) in [5.41, 5.74) is 0.178. The van der Waals surface area contributed by atoms with Crippen molar-refractivity contribution < 1.29 is 19.4 Å². The first-order valence-corrected chi connectivity index (χ1v) is 12.4. The van der Waals surface area contributed by atoms with E-state index in [9.17, 15) is 19.5 Å². The van der Waals surface area contributed by atoms with Crippen molar-refractivity contribution in [3.05, 3.63) is 58.1 Å². The second kappa shape index (κ2) is 10.4. The molecule has 2 heterocycles. The number of nitrogens with zero attached hydrogens (tertiary/aromatic N) is 3. The molecule has 0 spiro atoms. The predicted molar refractivity (Wildman–Crippen MR) is 125 cm³/mol. The Balaban J connectivity index is 1.80. The Morgan fingerprint density at radius 2 is 2.03 bits per heavy atom. The van der Waals surface area contributed by atoms with Crippen molar-refractivity contribution in [2.75, 3.05) is 11.9 Å². The van der Waals surface area contributed by atoms with E-state index in [0.29, 0.717) is 63.0 Å². The van der Waals surface area contributed by atoms with Gasteiger partial charge in [-0.1, -0.05) is 0 Å². The maximum absolute atomic E-state index is 12.7. The Morgan fingerprint density at radius 1 is 1.27 bits per heavy atom. The molecule has 33 heavy (non-hydrogen) atoms. The number of pyridine rings is 1. The summed E-state index contributed by atoms with van der Waals surface area (Å²) in [4.78, 5) is 40.4. The number of anilines is 1. The first kappa shape index (κ1) is 24.7. The van der Waals surface area contributed by atoms with Crippen molar-refractivity contribution >= 4 is 55.0 Å². The molecule has 0 aliphatic carbocycles. The second-order valence-corrected chi connectivity index (χ2v) is 10.7. The summed E-state index contributed by atoms with van der Waals surface area (Å²) in [5, 5.41) is 15.8. The van der Waals surface area contributed by atoms with Gasteiger partial charge < -0.3 is 4.74 Å². The molecule has 172 valence electrons. The van der Waals surface area contributed by atoms with E-state index < -0.39 is 23.1 Å². The Kier molecular flexibility index (Phi) is 7.77. The van der Waals surface area contributed by atoms with Crippen molar-refractivity contribution in [1.82, 2.24) is 17.2 Å². The fraction of sp³-hybridized carbons (Fsp3) is 0.364. The number of aryl methyl sites for hydroxylation is 1. The zero-order valence-corrected chi connectivity index (χ0v) is 23.3. The van der Waals surface area contributed by atoms with Crippen LogP contribution in [0.3, 0.4) is 0 Å². The van der Waals surface area contributed by atoms with E-state index in [1.165, 1.54) is 6.20 Å². The number of aromatic nitrogens is 3. The topological polar surface area (TPSA) is 127 Å². The van der Waals surface area contributed by atoms with E-state index in [1.807, 2.05) is 14.6 Å². The molecule has 0 saturated heterocycles. The van der Waals surface area contributed by atoms with Crippen LogP contribution in [0.25, 0.3) is 10.9 Å². The first-order valence-electron chi connectivity index (χ1n) is 10.4.